The number of fused-ring (bicyclic) bond motifs is 1. The number of aromatic nitrogens is 3. The molecule has 0 aliphatic carbocycles. The molecule has 4 rings (SSSR count). The van der Waals surface area contributed by atoms with Gasteiger partial charge in [-0.2, -0.15) is 5.26 Å². The highest BCUT2D eigenvalue weighted by Crippen LogP contribution is 2.38. The van der Waals surface area contributed by atoms with Crippen LogP contribution in [0.25, 0.3) is 16.8 Å². The summed E-state index contributed by atoms with van der Waals surface area (Å²) in [4.78, 5) is 0. The summed E-state index contributed by atoms with van der Waals surface area (Å²) >= 11 is 0. The van der Waals surface area contributed by atoms with Crippen LogP contribution in [0.3, 0.4) is 0 Å². The van der Waals surface area contributed by atoms with Crippen LogP contribution < -0.4 is 14.8 Å². The first-order valence-corrected chi connectivity index (χ1v) is 11.6. The van der Waals surface area contributed by atoms with Crippen molar-refractivity contribution in [2.45, 2.75) is 13.8 Å². The SMILES string of the molecule is CCS(=O)(=O)Nc1ccc(Oc2ccc(F)cc2F)c(-c2cc(NC#N)c3nnc(C)n3c2)c1. The molecule has 0 aliphatic rings. The zero-order valence-corrected chi connectivity index (χ0v) is 18.8. The van der Waals surface area contributed by atoms with E-state index in [1.54, 1.807) is 23.6 Å². The Kier molecular flexibility index (Phi) is 6.04. The summed E-state index contributed by atoms with van der Waals surface area (Å²) in [5, 5.41) is 19.8. The molecule has 0 atom stereocenters. The minimum absolute atomic E-state index is 0.135. The first kappa shape index (κ1) is 22.9. The Morgan fingerprint density at radius 2 is 1.88 bits per heavy atom. The Labute approximate surface area is 193 Å². The number of nitriles is 1. The number of nitrogens with one attached hydrogen (secondary N) is 2. The van der Waals surface area contributed by atoms with Crippen LogP contribution in [0.5, 0.6) is 11.5 Å². The van der Waals surface area contributed by atoms with Gasteiger partial charge < -0.3 is 4.74 Å². The fraction of sp³-hybridized carbons (Fsp3) is 0.136. The van der Waals surface area contributed by atoms with Crippen LogP contribution in [0.2, 0.25) is 0 Å². The fourth-order valence-corrected chi connectivity index (χ4v) is 3.87. The fourth-order valence-electron chi connectivity index (χ4n) is 3.24. The Morgan fingerprint density at radius 1 is 1.12 bits per heavy atom. The predicted octanol–water partition coefficient (Wildman–Crippen LogP) is 4.43. The van der Waals surface area contributed by atoms with Crippen molar-refractivity contribution >= 4 is 27.0 Å². The number of sulfonamides is 1. The Morgan fingerprint density at radius 3 is 2.59 bits per heavy atom. The normalized spacial score (nSPS) is 11.3. The topological polar surface area (TPSA) is 121 Å². The summed E-state index contributed by atoms with van der Waals surface area (Å²) in [5.74, 6) is -1.32. The minimum atomic E-state index is -3.58. The smallest absolute Gasteiger partial charge is 0.232 e. The number of hydrogen-bond donors (Lipinski definition) is 2. The summed E-state index contributed by atoms with van der Waals surface area (Å²) in [6.07, 6.45) is 3.52. The highest BCUT2D eigenvalue weighted by atomic mass is 32.2. The second kappa shape index (κ2) is 8.95. The third kappa shape index (κ3) is 4.60. The molecule has 34 heavy (non-hydrogen) atoms. The standard InChI is InChI=1S/C22H18F2N6O3S/c1-3-34(31,32)29-16-5-7-20(33-21-6-4-15(23)9-18(21)24)17(10-16)14-8-19(26-12-25)22-28-27-13(2)30(22)11-14/h4-11,26,29H,3H2,1-2H3. The van der Waals surface area contributed by atoms with Crippen LogP contribution in [-0.4, -0.2) is 28.8 Å². The molecule has 0 spiro atoms. The molecule has 9 nitrogen and oxygen atoms in total. The van der Waals surface area contributed by atoms with E-state index in [2.05, 4.69) is 20.2 Å². The molecule has 0 amide bonds. The van der Waals surface area contributed by atoms with Crippen molar-refractivity contribution in [3.8, 4) is 28.8 Å². The predicted molar refractivity (Wildman–Crippen MR) is 122 cm³/mol. The van der Waals surface area contributed by atoms with Crippen LogP contribution in [0.15, 0.2) is 48.7 Å². The average Bonchev–Trinajstić information content (AvgIpc) is 3.17. The molecule has 2 aromatic heterocycles. The van der Waals surface area contributed by atoms with Gasteiger partial charge in [0.15, 0.2) is 23.4 Å². The quantitative estimate of drug-likeness (QED) is 0.294. The van der Waals surface area contributed by atoms with Gasteiger partial charge in [0, 0.05) is 29.1 Å². The molecule has 0 bridgehead atoms. The van der Waals surface area contributed by atoms with E-state index >= 15 is 0 Å². The molecule has 0 fully saturated rings. The summed E-state index contributed by atoms with van der Waals surface area (Å²) in [5.41, 5.74) is 1.86. The van der Waals surface area contributed by atoms with Crippen LogP contribution >= 0.6 is 0 Å². The van der Waals surface area contributed by atoms with Gasteiger partial charge in [-0.15, -0.1) is 10.2 Å². The van der Waals surface area contributed by atoms with Crippen LogP contribution in [-0.2, 0) is 10.0 Å². The second-order valence-corrected chi connectivity index (χ2v) is 9.22. The monoisotopic (exact) mass is 484 g/mol. The van der Waals surface area contributed by atoms with Gasteiger partial charge in [0.2, 0.25) is 10.0 Å². The lowest BCUT2D eigenvalue weighted by Gasteiger charge is -2.16. The average molecular weight is 484 g/mol. The van der Waals surface area contributed by atoms with Gasteiger partial charge in [-0.25, -0.2) is 17.2 Å². The second-order valence-electron chi connectivity index (χ2n) is 7.21. The maximum atomic E-state index is 14.3. The van der Waals surface area contributed by atoms with E-state index < -0.39 is 21.7 Å². The van der Waals surface area contributed by atoms with Gasteiger partial charge in [0.25, 0.3) is 0 Å². The summed E-state index contributed by atoms with van der Waals surface area (Å²) in [6, 6.07) is 8.95. The molecule has 2 aromatic carbocycles. The van der Waals surface area contributed by atoms with E-state index in [-0.39, 0.29) is 22.9 Å². The Bertz CT molecular complexity index is 1550. The number of pyridine rings is 1. The molecule has 0 aliphatic heterocycles. The number of aryl methyl sites for hydroxylation is 1. The zero-order valence-electron chi connectivity index (χ0n) is 18.0. The van der Waals surface area contributed by atoms with E-state index in [1.807, 2.05) is 6.19 Å². The first-order valence-electron chi connectivity index (χ1n) is 9.99. The minimum Gasteiger partial charge on any atom is -0.454 e. The van der Waals surface area contributed by atoms with Gasteiger partial charge in [-0.05, 0) is 50.2 Å². The molecule has 0 saturated heterocycles. The van der Waals surface area contributed by atoms with E-state index in [4.69, 9.17) is 10.00 Å². The largest absolute Gasteiger partial charge is 0.454 e. The zero-order chi connectivity index (χ0) is 24.5. The van der Waals surface area contributed by atoms with Crippen molar-refractivity contribution in [1.82, 2.24) is 14.6 Å². The van der Waals surface area contributed by atoms with Crippen LogP contribution in [0.4, 0.5) is 20.2 Å². The number of ether oxygens (including phenoxy) is 1. The molecule has 174 valence electrons. The summed E-state index contributed by atoms with van der Waals surface area (Å²) in [6.45, 7) is 3.22. The van der Waals surface area contributed by atoms with Crippen molar-refractivity contribution in [2.24, 2.45) is 0 Å². The lowest BCUT2D eigenvalue weighted by molar-refractivity contribution is 0.439. The van der Waals surface area contributed by atoms with Crippen LogP contribution in [0, 0.1) is 30.0 Å². The number of benzene rings is 2. The van der Waals surface area contributed by atoms with Crippen molar-refractivity contribution in [3.63, 3.8) is 0 Å². The van der Waals surface area contributed by atoms with Gasteiger partial charge in [-0.3, -0.25) is 14.4 Å². The first-order chi connectivity index (χ1) is 16.2. The third-order valence-corrected chi connectivity index (χ3v) is 6.23. The lowest BCUT2D eigenvalue weighted by atomic mass is 10.0. The van der Waals surface area contributed by atoms with Gasteiger partial charge in [0.05, 0.1) is 11.4 Å². The van der Waals surface area contributed by atoms with E-state index in [9.17, 15) is 17.2 Å². The van der Waals surface area contributed by atoms with Crippen molar-refractivity contribution in [3.05, 3.63) is 66.1 Å². The highest BCUT2D eigenvalue weighted by molar-refractivity contribution is 7.92. The van der Waals surface area contributed by atoms with E-state index in [0.717, 1.165) is 12.1 Å². The maximum Gasteiger partial charge on any atom is 0.232 e. The maximum absolute atomic E-state index is 14.3. The number of halogens is 2. The Hall–Kier alpha value is -4.24. The molecule has 0 unspecified atom stereocenters. The summed E-state index contributed by atoms with van der Waals surface area (Å²) in [7, 11) is -3.58. The highest BCUT2D eigenvalue weighted by Gasteiger charge is 2.17. The van der Waals surface area contributed by atoms with Crippen molar-refractivity contribution in [2.75, 3.05) is 15.8 Å². The molecule has 4 aromatic rings. The van der Waals surface area contributed by atoms with E-state index in [0.29, 0.717) is 34.4 Å². The van der Waals surface area contributed by atoms with Gasteiger partial charge >= 0.3 is 0 Å². The molecular formula is C22H18F2N6O3S. The van der Waals surface area contributed by atoms with Crippen LogP contribution in [0.1, 0.15) is 12.7 Å². The number of nitrogens with zero attached hydrogens (tertiary/aromatic N) is 4. The van der Waals surface area contributed by atoms with Gasteiger partial charge in [0.1, 0.15) is 17.4 Å². The molecule has 2 heterocycles. The molecule has 0 radical (unpaired) electrons. The van der Waals surface area contributed by atoms with Gasteiger partial charge in [-0.1, -0.05) is 0 Å². The molecule has 12 heteroatoms. The number of hydrogen-bond acceptors (Lipinski definition) is 7. The third-order valence-electron chi connectivity index (χ3n) is 4.92. The molecular weight excluding hydrogens is 466 g/mol. The molecule has 2 N–H and O–H groups in total. The van der Waals surface area contributed by atoms with E-state index in [1.165, 1.54) is 25.1 Å². The lowest BCUT2D eigenvalue weighted by Crippen LogP contribution is -2.14. The number of rotatable bonds is 7. The van der Waals surface area contributed by atoms with Crippen molar-refractivity contribution < 1.29 is 21.9 Å². The van der Waals surface area contributed by atoms with Crippen molar-refractivity contribution in [1.29, 1.82) is 5.26 Å². The number of anilines is 2. The molecule has 0 saturated carbocycles. The summed E-state index contributed by atoms with van der Waals surface area (Å²) < 4.78 is 61.7. The Balaban J connectivity index is 1.91.